The van der Waals surface area contributed by atoms with Crippen LogP contribution in [-0.2, 0) is 0 Å². The van der Waals surface area contributed by atoms with E-state index in [9.17, 15) is 0 Å². The molecule has 0 radical (unpaired) electrons. The minimum Gasteiger partial charge on any atom is -0.325 e. The van der Waals surface area contributed by atoms with Crippen LogP contribution in [0.3, 0.4) is 0 Å². The van der Waals surface area contributed by atoms with Gasteiger partial charge in [-0.2, -0.15) is 0 Å². The number of rotatable bonds is 12. The summed E-state index contributed by atoms with van der Waals surface area (Å²) in [5.41, 5.74) is 12.7. The van der Waals surface area contributed by atoms with Gasteiger partial charge in [0.05, 0.1) is 5.38 Å². The molecule has 1 unspecified atom stereocenters. The van der Waals surface area contributed by atoms with Crippen molar-refractivity contribution in [2.24, 2.45) is 0 Å². The summed E-state index contributed by atoms with van der Waals surface area (Å²) in [6.07, 6.45) is 17.7. The quantitative estimate of drug-likeness (QED) is 0.164. The summed E-state index contributed by atoms with van der Waals surface area (Å²) in [6.45, 7) is 20.6. The van der Waals surface area contributed by atoms with E-state index in [0.717, 1.165) is 29.0 Å². The van der Waals surface area contributed by atoms with Crippen LogP contribution in [-0.4, -0.2) is 41.7 Å². The van der Waals surface area contributed by atoms with E-state index in [-0.39, 0.29) is 5.38 Å². The number of hydrogen-bond acceptors (Lipinski definition) is 2. The lowest BCUT2D eigenvalue weighted by atomic mass is 9.98. The molecule has 2 aromatic carbocycles. The van der Waals surface area contributed by atoms with E-state index in [2.05, 4.69) is 115 Å². The molecule has 0 bridgehead atoms. The minimum absolute atomic E-state index is 0.304. The first-order valence-corrected chi connectivity index (χ1v) is 20.5. The number of nitrogens with zero attached hydrogens (tertiary/aromatic N) is 2. The molecule has 0 saturated carbocycles. The summed E-state index contributed by atoms with van der Waals surface area (Å²) in [4.78, 5) is 5.09. The standard InChI is InChI=1S/C40H57Cl2N2P/c1-10-13-21-45(22-14-11-2,23-15-12-3)39(42)34-17-16-18-35(36(34)41)40-43(37-30(6)24-28(4)25-31(37)7)19-20-44(40)38-32(8)26-29(5)27-33(38)9/h16-18,24-27,36H,10-15,19-23H2,1-9H3. The van der Waals surface area contributed by atoms with Gasteiger partial charge < -0.3 is 9.80 Å². The van der Waals surface area contributed by atoms with Gasteiger partial charge in [-0.3, -0.25) is 0 Å². The monoisotopic (exact) mass is 666 g/mol. The maximum atomic E-state index is 7.73. The summed E-state index contributed by atoms with van der Waals surface area (Å²) >= 11 is 15.5. The number of halogens is 2. The zero-order chi connectivity index (χ0) is 32.9. The lowest BCUT2D eigenvalue weighted by Crippen LogP contribution is -2.30. The zero-order valence-electron chi connectivity index (χ0n) is 29.5. The van der Waals surface area contributed by atoms with Crippen LogP contribution < -0.4 is 9.80 Å². The summed E-state index contributed by atoms with van der Waals surface area (Å²) in [5, 5.41) is -0.304. The Bertz CT molecular complexity index is 1390. The van der Waals surface area contributed by atoms with Crippen LogP contribution in [0.5, 0.6) is 0 Å². The van der Waals surface area contributed by atoms with Gasteiger partial charge >= 0.3 is 0 Å². The molecule has 1 atom stereocenters. The number of anilines is 2. The Morgan fingerprint density at radius 1 is 0.711 bits per heavy atom. The average Bonchev–Trinajstić information content (AvgIpc) is 3.39. The van der Waals surface area contributed by atoms with Crippen LogP contribution in [0.1, 0.15) is 92.7 Å². The molecule has 0 spiro atoms. The molecule has 4 rings (SSSR count). The van der Waals surface area contributed by atoms with Crippen molar-refractivity contribution in [3.05, 3.63) is 92.8 Å². The molecular formula is C40H57Cl2N2P. The van der Waals surface area contributed by atoms with Crippen LogP contribution in [0.15, 0.2) is 59.5 Å². The molecule has 1 saturated heterocycles. The topological polar surface area (TPSA) is 6.48 Å². The molecule has 1 aliphatic heterocycles. The van der Waals surface area contributed by atoms with E-state index >= 15 is 0 Å². The molecule has 2 aliphatic rings. The van der Waals surface area contributed by atoms with Crippen molar-refractivity contribution in [2.75, 3.05) is 41.4 Å². The Hall–Kier alpha value is -1.86. The van der Waals surface area contributed by atoms with Crippen molar-refractivity contribution in [3.8, 4) is 0 Å². The van der Waals surface area contributed by atoms with Gasteiger partial charge in [0.1, 0.15) is 5.82 Å². The third-order valence-electron chi connectivity index (χ3n) is 9.70. The first-order chi connectivity index (χ1) is 21.5. The van der Waals surface area contributed by atoms with Gasteiger partial charge in [-0.05, 0) is 107 Å². The Morgan fingerprint density at radius 3 is 1.49 bits per heavy atom. The fourth-order valence-corrected chi connectivity index (χ4v) is 13.9. The zero-order valence-corrected chi connectivity index (χ0v) is 31.9. The van der Waals surface area contributed by atoms with Crippen molar-refractivity contribution in [1.29, 1.82) is 0 Å². The van der Waals surface area contributed by atoms with Crippen LogP contribution in [0, 0.1) is 41.5 Å². The maximum Gasteiger partial charge on any atom is 0.118 e. The number of aryl methyl sites for hydroxylation is 6. The molecule has 1 heterocycles. The Kier molecular flexibility index (Phi) is 12.7. The highest BCUT2D eigenvalue weighted by molar-refractivity contribution is 7.79. The van der Waals surface area contributed by atoms with Gasteiger partial charge in [-0.1, -0.05) is 112 Å². The Balaban J connectivity index is 1.96. The minimum atomic E-state index is -1.54. The fraction of sp³-hybridized carbons (Fsp3) is 0.525. The second-order valence-electron chi connectivity index (χ2n) is 13.6. The Morgan fingerprint density at radius 2 is 1.11 bits per heavy atom. The summed E-state index contributed by atoms with van der Waals surface area (Å²) < 4.78 is 1.11. The number of alkyl halides is 1. The molecule has 1 fully saturated rings. The maximum absolute atomic E-state index is 7.73. The smallest absolute Gasteiger partial charge is 0.118 e. The molecule has 0 amide bonds. The van der Waals surface area contributed by atoms with Crippen LogP contribution in [0.25, 0.3) is 0 Å². The van der Waals surface area contributed by atoms with E-state index < -0.39 is 6.89 Å². The van der Waals surface area contributed by atoms with Crippen molar-refractivity contribution in [3.63, 3.8) is 0 Å². The Labute approximate surface area is 285 Å². The largest absolute Gasteiger partial charge is 0.325 e. The first-order valence-electron chi connectivity index (χ1n) is 17.4. The third-order valence-corrected chi connectivity index (χ3v) is 16.1. The number of hydrogen-bond donors (Lipinski definition) is 0. The summed E-state index contributed by atoms with van der Waals surface area (Å²) in [6, 6.07) is 9.26. The lowest BCUT2D eigenvalue weighted by molar-refractivity contribution is 0.845. The van der Waals surface area contributed by atoms with E-state index in [1.54, 1.807) is 0 Å². The third kappa shape index (κ3) is 7.66. The molecule has 246 valence electrons. The molecule has 2 nitrogen and oxygen atoms in total. The highest BCUT2D eigenvalue weighted by Gasteiger charge is 2.37. The van der Waals surface area contributed by atoms with Gasteiger partial charge in [0.25, 0.3) is 0 Å². The van der Waals surface area contributed by atoms with Crippen LogP contribution in [0.2, 0.25) is 0 Å². The number of benzene rings is 2. The molecule has 45 heavy (non-hydrogen) atoms. The molecule has 0 N–H and O–H groups in total. The SMILES string of the molecule is CCCCP(CCCC)(CCCC)=C(Cl)C1=CC=CC(=C2N(c3c(C)cc(C)cc3C)CCN2c2c(C)cc(C)cc2C)C1Cl. The predicted octanol–water partition coefficient (Wildman–Crippen LogP) is 12.0. The molecule has 2 aromatic rings. The van der Waals surface area contributed by atoms with Gasteiger partial charge in [0.15, 0.2) is 0 Å². The van der Waals surface area contributed by atoms with Crippen molar-refractivity contribution >= 4 is 46.2 Å². The van der Waals surface area contributed by atoms with E-state index in [0.29, 0.717) is 0 Å². The second kappa shape index (κ2) is 15.8. The molecular weight excluding hydrogens is 610 g/mol. The number of unbranched alkanes of at least 4 members (excludes halogenated alkanes) is 3. The van der Waals surface area contributed by atoms with Gasteiger partial charge in [-0.15, -0.1) is 11.6 Å². The van der Waals surface area contributed by atoms with Gasteiger partial charge in [0.2, 0.25) is 0 Å². The highest BCUT2D eigenvalue weighted by Crippen LogP contribution is 2.55. The molecule has 1 aliphatic carbocycles. The fourth-order valence-electron chi connectivity index (χ4n) is 7.74. The second-order valence-corrected chi connectivity index (χ2v) is 18.7. The van der Waals surface area contributed by atoms with Gasteiger partial charge in [0, 0.05) is 34.8 Å². The first kappa shape index (κ1) is 36.0. The predicted molar refractivity (Wildman–Crippen MR) is 207 cm³/mol. The van der Waals surface area contributed by atoms with E-state index in [1.807, 2.05) is 0 Å². The van der Waals surface area contributed by atoms with E-state index in [4.69, 9.17) is 23.2 Å². The van der Waals surface area contributed by atoms with Crippen LogP contribution in [0.4, 0.5) is 11.4 Å². The molecule has 5 heteroatoms. The van der Waals surface area contributed by atoms with E-state index in [1.165, 1.54) is 108 Å². The van der Waals surface area contributed by atoms with Crippen molar-refractivity contribution in [2.45, 2.75) is 106 Å². The summed E-state index contributed by atoms with van der Waals surface area (Å²) in [5.74, 6) is 1.20. The molecule has 0 aromatic heterocycles. The van der Waals surface area contributed by atoms with Gasteiger partial charge in [-0.25, -0.2) is 0 Å². The van der Waals surface area contributed by atoms with Crippen molar-refractivity contribution < 1.29 is 0 Å². The number of allylic oxidation sites excluding steroid dienone is 5. The highest BCUT2D eigenvalue weighted by atomic mass is 35.5. The van der Waals surface area contributed by atoms with Crippen molar-refractivity contribution in [1.82, 2.24) is 0 Å². The van der Waals surface area contributed by atoms with Crippen LogP contribution >= 0.6 is 30.1 Å². The average molecular weight is 668 g/mol. The summed E-state index contributed by atoms with van der Waals surface area (Å²) in [7, 11) is 0. The lowest BCUT2D eigenvalue weighted by Gasteiger charge is -2.35. The normalized spacial score (nSPS) is 17.0.